The lowest BCUT2D eigenvalue weighted by atomic mass is 10.1. The zero-order chi connectivity index (χ0) is 20.3. The van der Waals surface area contributed by atoms with Crippen LogP contribution in [0.2, 0.25) is 0 Å². The van der Waals surface area contributed by atoms with Crippen molar-refractivity contribution in [2.75, 3.05) is 7.11 Å². The van der Waals surface area contributed by atoms with Crippen molar-refractivity contribution < 1.29 is 14.6 Å². The Morgan fingerprint density at radius 1 is 1.25 bits per heavy atom. The van der Waals surface area contributed by atoms with Gasteiger partial charge in [-0.2, -0.15) is 0 Å². The molecule has 1 atom stereocenters. The number of aryl methyl sites for hydroxylation is 1. The minimum Gasteiger partial charge on any atom is -0.504 e. The van der Waals surface area contributed by atoms with Gasteiger partial charge >= 0.3 is 0 Å². The van der Waals surface area contributed by atoms with E-state index >= 15 is 0 Å². The minimum atomic E-state index is -0.0581. The number of phenols is 1. The molecule has 1 aliphatic heterocycles. The summed E-state index contributed by atoms with van der Waals surface area (Å²) in [5.41, 5.74) is 2.77. The van der Waals surface area contributed by atoms with Crippen molar-refractivity contribution in [1.29, 1.82) is 0 Å². The zero-order valence-corrected chi connectivity index (χ0v) is 17.3. The second-order valence-corrected chi connectivity index (χ2v) is 7.71. The Hall–Kier alpha value is -2.73. The van der Waals surface area contributed by atoms with Gasteiger partial charge in [0.2, 0.25) is 0 Å². The van der Waals surface area contributed by atoms with Crippen molar-refractivity contribution in [2.24, 2.45) is 4.99 Å². The summed E-state index contributed by atoms with van der Waals surface area (Å²) < 4.78 is 5.16. The summed E-state index contributed by atoms with van der Waals surface area (Å²) in [5, 5.41) is 10.5. The summed E-state index contributed by atoms with van der Waals surface area (Å²) in [5.74, 6) is 0.382. The molecule has 5 nitrogen and oxygen atoms in total. The van der Waals surface area contributed by atoms with Gasteiger partial charge in [0, 0.05) is 6.04 Å². The van der Waals surface area contributed by atoms with E-state index < -0.39 is 0 Å². The van der Waals surface area contributed by atoms with Gasteiger partial charge in [0.1, 0.15) is 0 Å². The molecule has 1 heterocycles. The van der Waals surface area contributed by atoms with Gasteiger partial charge in [-0.1, -0.05) is 30.7 Å². The molecule has 2 aromatic carbocycles. The van der Waals surface area contributed by atoms with E-state index in [2.05, 4.69) is 6.92 Å². The standard InChI is InChI=1S/C22H24N2O3S/c1-5-15(3)24-21(26)20(13-16-8-11-18(25)19(12-16)27-4)28-22(24)23-17-9-6-14(2)7-10-17/h6-13,15,25H,5H2,1-4H3/b20-13+,23-22?/t15-/m0/s1. The second kappa shape index (κ2) is 8.52. The summed E-state index contributed by atoms with van der Waals surface area (Å²) in [6.07, 6.45) is 2.64. The Kier molecular flexibility index (Phi) is 6.09. The number of benzene rings is 2. The van der Waals surface area contributed by atoms with E-state index in [1.165, 1.54) is 24.4 Å². The number of thioether (sulfide) groups is 1. The number of phenolic OH excluding ortho intramolecular Hbond substituents is 1. The van der Waals surface area contributed by atoms with Crippen LogP contribution < -0.4 is 4.74 Å². The predicted octanol–water partition coefficient (Wildman–Crippen LogP) is 5.11. The average molecular weight is 397 g/mol. The van der Waals surface area contributed by atoms with Crippen molar-refractivity contribution in [3.63, 3.8) is 0 Å². The number of carbonyl (C=O) groups excluding carboxylic acids is 1. The molecule has 1 fully saturated rings. The third kappa shape index (κ3) is 4.22. The molecule has 28 heavy (non-hydrogen) atoms. The van der Waals surface area contributed by atoms with Crippen LogP contribution in [-0.4, -0.2) is 34.2 Å². The SMILES string of the molecule is CC[C@H](C)N1C(=O)/C(=C\c2ccc(O)c(OC)c2)SC1=Nc1ccc(C)cc1. The second-order valence-electron chi connectivity index (χ2n) is 6.70. The topological polar surface area (TPSA) is 62.1 Å². The maximum Gasteiger partial charge on any atom is 0.266 e. The van der Waals surface area contributed by atoms with Gasteiger partial charge in [-0.3, -0.25) is 9.69 Å². The lowest BCUT2D eigenvalue weighted by Crippen LogP contribution is -2.36. The molecule has 0 bridgehead atoms. The molecule has 0 saturated carbocycles. The maximum absolute atomic E-state index is 13.1. The normalized spacial score (nSPS) is 18.1. The molecule has 1 saturated heterocycles. The molecular weight excluding hydrogens is 372 g/mol. The van der Waals surface area contributed by atoms with Crippen molar-refractivity contribution in [3.05, 3.63) is 58.5 Å². The summed E-state index contributed by atoms with van der Waals surface area (Å²) in [4.78, 5) is 20.1. The summed E-state index contributed by atoms with van der Waals surface area (Å²) in [7, 11) is 1.50. The minimum absolute atomic E-state index is 0.0458. The molecule has 1 aliphatic rings. The van der Waals surface area contributed by atoms with Gasteiger partial charge in [-0.05, 0) is 67.9 Å². The monoisotopic (exact) mass is 396 g/mol. The van der Waals surface area contributed by atoms with Crippen LogP contribution in [0.4, 0.5) is 5.69 Å². The summed E-state index contributed by atoms with van der Waals surface area (Å²) >= 11 is 1.37. The molecule has 3 rings (SSSR count). The van der Waals surface area contributed by atoms with E-state index in [-0.39, 0.29) is 17.7 Å². The number of aliphatic imine (C=N–C) groups is 1. The zero-order valence-electron chi connectivity index (χ0n) is 16.5. The first-order valence-electron chi connectivity index (χ1n) is 9.18. The van der Waals surface area contributed by atoms with Gasteiger partial charge < -0.3 is 9.84 Å². The van der Waals surface area contributed by atoms with Crippen LogP contribution in [0.25, 0.3) is 6.08 Å². The summed E-state index contributed by atoms with van der Waals surface area (Å²) in [6.45, 7) is 6.11. The van der Waals surface area contributed by atoms with E-state index in [1.54, 1.807) is 23.1 Å². The van der Waals surface area contributed by atoms with Crippen LogP contribution in [-0.2, 0) is 4.79 Å². The number of methoxy groups -OCH3 is 1. The van der Waals surface area contributed by atoms with Gasteiger partial charge in [0.25, 0.3) is 5.91 Å². The van der Waals surface area contributed by atoms with E-state index in [9.17, 15) is 9.90 Å². The Bertz CT molecular complexity index is 935. The van der Waals surface area contributed by atoms with E-state index in [4.69, 9.17) is 9.73 Å². The molecule has 1 amide bonds. The lowest BCUT2D eigenvalue weighted by molar-refractivity contribution is -0.123. The van der Waals surface area contributed by atoms with Gasteiger partial charge in [0.15, 0.2) is 16.7 Å². The smallest absolute Gasteiger partial charge is 0.266 e. The fourth-order valence-corrected chi connectivity index (χ4v) is 3.89. The van der Waals surface area contributed by atoms with Crippen LogP contribution in [0.5, 0.6) is 11.5 Å². The molecule has 0 aliphatic carbocycles. The Labute approximate surface area is 169 Å². The first-order valence-corrected chi connectivity index (χ1v) is 10.00. The molecular formula is C22H24N2O3S. The molecule has 6 heteroatoms. The number of hydrogen-bond donors (Lipinski definition) is 1. The van der Waals surface area contributed by atoms with Crippen molar-refractivity contribution in [2.45, 2.75) is 33.2 Å². The summed E-state index contributed by atoms with van der Waals surface area (Å²) in [6, 6.07) is 13.0. The molecule has 0 unspecified atom stereocenters. The number of aromatic hydroxyl groups is 1. The highest BCUT2D eigenvalue weighted by molar-refractivity contribution is 8.18. The Morgan fingerprint density at radius 3 is 2.61 bits per heavy atom. The number of amidine groups is 1. The third-order valence-electron chi connectivity index (χ3n) is 4.63. The lowest BCUT2D eigenvalue weighted by Gasteiger charge is -2.22. The first-order chi connectivity index (χ1) is 13.4. The number of nitrogens with zero attached hydrogens (tertiary/aromatic N) is 2. The number of hydrogen-bond acceptors (Lipinski definition) is 5. The Morgan fingerprint density at radius 2 is 1.96 bits per heavy atom. The highest BCUT2D eigenvalue weighted by Gasteiger charge is 2.36. The number of amides is 1. The Balaban J connectivity index is 1.98. The number of ether oxygens (including phenoxy) is 1. The average Bonchev–Trinajstić information content (AvgIpc) is 2.99. The number of rotatable bonds is 5. The highest BCUT2D eigenvalue weighted by Crippen LogP contribution is 2.37. The van der Waals surface area contributed by atoms with Crippen molar-refractivity contribution in [1.82, 2.24) is 4.90 Å². The maximum atomic E-state index is 13.1. The molecule has 1 N–H and O–H groups in total. The molecule has 0 radical (unpaired) electrons. The molecule has 0 spiro atoms. The van der Waals surface area contributed by atoms with Crippen LogP contribution in [0, 0.1) is 6.92 Å². The van der Waals surface area contributed by atoms with Gasteiger partial charge in [-0.25, -0.2) is 4.99 Å². The van der Waals surface area contributed by atoms with Crippen LogP contribution in [0.15, 0.2) is 52.4 Å². The van der Waals surface area contributed by atoms with E-state index in [1.807, 2.05) is 44.2 Å². The van der Waals surface area contributed by atoms with Crippen molar-refractivity contribution >= 4 is 34.6 Å². The van der Waals surface area contributed by atoms with Gasteiger partial charge in [-0.15, -0.1) is 0 Å². The fourth-order valence-electron chi connectivity index (χ4n) is 2.80. The fraction of sp³-hybridized carbons (Fsp3) is 0.273. The highest BCUT2D eigenvalue weighted by atomic mass is 32.2. The van der Waals surface area contributed by atoms with E-state index in [0.29, 0.717) is 15.8 Å². The van der Waals surface area contributed by atoms with Crippen molar-refractivity contribution in [3.8, 4) is 11.5 Å². The van der Waals surface area contributed by atoms with Crippen LogP contribution >= 0.6 is 11.8 Å². The largest absolute Gasteiger partial charge is 0.504 e. The molecule has 146 valence electrons. The van der Waals surface area contributed by atoms with Crippen LogP contribution in [0.3, 0.4) is 0 Å². The van der Waals surface area contributed by atoms with E-state index in [0.717, 1.165) is 17.7 Å². The van der Waals surface area contributed by atoms with Crippen LogP contribution in [0.1, 0.15) is 31.4 Å². The third-order valence-corrected chi connectivity index (χ3v) is 5.61. The molecule has 2 aromatic rings. The number of carbonyl (C=O) groups is 1. The first kappa shape index (κ1) is 20.0. The quantitative estimate of drug-likeness (QED) is 0.713. The predicted molar refractivity (Wildman–Crippen MR) is 115 cm³/mol. The van der Waals surface area contributed by atoms with Gasteiger partial charge in [0.05, 0.1) is 17.7 Å². The molecule has 0 aromatic heterocycles.